The van der Waals surface area contributed by atoms with Crippen molar-refractivity contribution >= 4 is 17.6 Å². The van der Waals surface area contributed by atoms with Gasteiger partial charge < -0.3 is 10.1 Å². The number of benzene rings is 1. The van der Waals surface area contributed by atoms with Crippen LogP contribution in [-0.4, -0.2) is 16.1 Å². The standard InChI is InChI=1S/C11H8ClNO2/c12-8-4-2-1-3-7(8)9-5-6-10(13-9)11(14)15/h1-6,13H,(H,14,15). The fourth-order valence-electron chi connectivity index (χ4n) is 1.36. The van der Waals surface area contributed by atoms with Crippen molar-refractivity contribution in [3.63, 3.8) is 0 Å². The monoisotopic (exact) mass is 221 g/mol. The Labute approximate surface area is 91.3 Å². The van der Waals surface area contributed by atoms with Crippen LogP contribution in [0, 0.1) is 0 Å². The molecule has 2 aromatic rings. The van der Waals surface area contributed by atoms with Crippen molar-refractivity contribution in [1.29, 1.82) is 0 Å². The van der Waals surface area contributed by atoms with E-state index in [1.165, 1.54) is 6.07 Å². The molecule has 0 bridgehead atoms. The molecule has 4 heteroatoms. The van der Waals surface area contributed by atoms with Crippen LogP contribution in [-0.2, 0) is 0 Å². The summed E-state index contributed by atoms with van der Waals surface area (Å²) in [7, 11) is 0. The van der Waals surface area contributed by atoms with Gasteiger partial charge in [0.1, 0.15) is 5.69 Å². The number of halogens is 1. The zero-order chi connectivity index (χ0) is 10.8. The van der Waals surface area contributed by atoms with E-state index in [1.54, 1.807) is 12.1 Å². The number of nitrogens with one attached hydrogen (secondary N) is 1. The molecule has 0 atom stereocenters. The molecular weight excluding hydrogens is 214 g/mol. The number of aromatic amines is 1. The van der Waals surface area contributed by atoms with Gasteiger partial charge in [0.2, 0.25) is 0 Å². The number of carboxylic acid groups (broad SMARTS) is 1. The summed E-state index contributed by atoms with van der Waals surface area (Å²) in [6, 6.07) is 10.5. The fraction of sp³-hybridized carbons (Fsp3) is 0. The first kappa shape index (κ1) is 9.80. The molecule has 1 aromatic heterocycles. The number of carboxylic acids is 1. The summed E-state index contributed by atoms with van der Waals surface area (Å²) in [5, 5.41) is 9.34. The van der Waals surface area contributed by atoms with Crippen LogP contribution in [0.1, 0.15) is 10.5 Å². The highest BCUT2D eigenvalue weighted by Crippen LogP contribution is 2.26. The third-order valence-corrected chi connectivity index (χ3v) is 2.41. The van der Waals surface area contributed by atoms with E-state index in [0.717, 1.165) is 5.56 Å². The molecule has 0 unspecified atom stereocenters. The largest absolute Gasteiger partial charge is 0.477 e. The molecule has 0 saturated heterocycles. The Morgan fingerprint density at radius 3 is 2.53 bits per heavy atom. The van der Waals surface area contributed by atoms with Crippen LogP contribution in [0.15, 0.2) is 36.4 Å². The number of hydrogen-bond acceptors (Lipinski definition) is 1. The van der Waals surface area contributed by atoms with E-state index in [4.69, 9.17) is 16.7 Å². The lowest BCUT2D eigenvalue weighted by Gasteiger charge is -2.00. The van der Waals surface area contributed by atoms with Crippen LogP contribution in [0.4, 0.5) is 0 Å². The summed E-state index contributed by atoms with van der Waals surface area (Å²) in [5.41, 5.74) is 1.66. The van der Waals surface area contributed by atoms with Crippen molar-refractivity contribution in [3.05, 3.63) is 47.1 Å². The summed E-state index contributed by atoms with van der Waals surface area (Å²) < 4.78 is 0. The summed E-state index contributed by atoms with van der Waals surface area (Å²) in [5.74, 6) is -0.978. The zero-order valence-corrected chi connectivity index (χ0v) is 8.45. The van der Waals surface area contributed by atoms with Crippen LogP contribution >= 0.6 is 11.6 Å². The van der Waals surface area contributed by atoms with E-state index in [0.29, 0.717) is 10.7 Å². The van der Waals surface area contributed by atoms with Crippen molar-refractivity contribution in [2.75, 3.05) is 0 Å². The van der Waals surface area contributed by atoms with Gasteiger partial charge in [-0.05, 0) is 18.2 Å². The van der Waals surface area contributed by atoms with Crippen LogP contribution in [0.2, 0.25) is 5.02 Å². The Balaban J connectivity index is 2.46. The zero-order valence-electron chi connectivity index (χ0n) is 7.70. The molecule has 15 heavy (non-hydrogen) atoms. The first-order chi connectivity index (χ1) is 7.18. The summed E-state index contributed by atoms with van der Waals surface area (Å²) >= 11 is 5.98. The molecule has 0 saturated carbocycles. The summed E-state index contributed by atoms with van der Waals surface area (Å²) in [6.07, 6.45) is 0. The lowest BCUT2D eigenvalue weighted by atomic mass is 10.2. The Hall–Kier alpha value is -1.74. The van der Waals surface area contributed by atoms with E-state index in [9.17, 15) is 4.79 Å². The van der Waals surface area contributed by atoms with E-state index in [2.05, 4.69) is 4.98 Å². The average molecular weight is 222 g/mol. The second-order valence-corrected chi connectivity index (χ2v) is 3.48. The normalized spacial score (nSPS) is 10.2. The average Bonchev–Trinajstić information content (AvgIpc) is 2.67. The lowest BCUT2D eigenvalue weighted by molar-refractivity contribution is 0.0691. The second kappa shape index (κ2) is 3.79. The molecule has 0 radical (unpaired) electrons. The molecule has 0 aliphatic carbocycles. The van der Waals surface area contributed by atoms with E-state index >= 15 is 0 Å². The van der Waals surface area contributed by atoms with Crippen molar-refractivity contribution in [3.8, 4) is 11.3 Å². The maximum atomic E-state index is 10.7. The smallest absolute Gasteiger partial charge is 0.352 e. The molecule has 0 aliphatic rings. The van der Waals surface area contributed by atoms with Crippen LogP contribution in [0.25, 0.3) is 11.3 Å². The van der Waals surface area contributed by atoms with Crippen LogP contribution in [0.3, 0.4) is 0 Å². The number of aromatic nitrogens is 1. The van der Waals surface area contributed by atoms with Gasteiger partial charge in [0, 0.05) is 16.3 Å². The molecule has 0 aliphatic heterocycles. The third kappa shape index (κ3) is 1.87. The maximum absolute atomic E-state index is 10.7. The third-order valence-electron chi connectivity index (χ3n) is 2.08. The minimum atomic E-state index is -0.978. The van der Waals surface area contributed by atoms with Crippen LogP contribution < -0.4 is 0 Å². The molecule has 1 heterocycles. The predicted octanol–water partition coefficient (Wildman–Crippen LogP) is 3.03. The second-order valence-electron chi connectivity index (χ2n) is 3.07. The molecule has 2 N–H and O–H groups in total. The maximum Gasteiger partial charge on any atom is 0.352 e. The van der Waals surface area contributed by atoms with Gasteiger partial charge in [0.05, 0.1) is 0 Å². The van der Waals surface area contributed by atoms with Gasteiger partial charge >= 0.3 is 5.97 Å². The van der Waals surface area contributed by atoms with Crippen LogP contribution in [0.5, 0.6) is 0 Å². The van der Waals surface area contributed by atoms with E-state index in [1.807, 2.05) is 18.2 Å². The highest BCUT2D eigenvalue weighted by atomic mass is 35.5. The van der Waals surface area contributed by atoms with Gasteiger partial charge in [-0.25, -0.2) is 4.79 Å². The number of H-pyrrole nitrogens is 1. The first-order valence-electron chi connectivity index (χ1n) is 4.35. The van der Waals surface area contributed by atoms with Gasteiger partial charge in [-0.2, -0.15) is 0 Å². The van der Waals surface area contributed by atoms with Crippen molar-refractivity contribution in [2.45, 2.75) is 0 Å². The minimum Gasteiger partial charge on any atom is -0.477 e. The number of rotatable bonds is 2. The summed E-state index contributed by atoms with van der Waals surface area (Å²) in [6.45, 7) is 0. The predicted molar refractivity (Wildman–Crippen MR) is 58.2 cm³/mol. The van der Waals surface area contributed by atoms with E-state index < -0.39 is 5.97 Å². The summed E-state index contributed by atoms with van der Waals surface area (Å²) in [4.78, 5) is 13.5. The number of carbonyl (C=O) groups is 1. The van der Waals surface area contributed by atoms with Gasteiger partial charge in [0.25, 0.3) is 0 Å². The molecule has 3 nitrogen and oxygen atoms in total. The molecule has 2 rings (SSSR count). The fourth-order valence-corrected chi connectivity index (χ4v) is 1.59. The molecule has 0 amide bonds. The SMILES string of the molecule is O=C(O)c1ccc(-c2ccccc2Cl)[nH]1. The van der Waals surface area contributed by atoms with Crippen molar-refractivity contribution < 1.29 is 9.90 Å². The van der Waals surface area contributed by atoms with Gasteiger partial charge in [-0.15, -0.1) is 0 Å². The number of aromatic carboxylic acids is 1. The van der Waals surface area contributed by atoms with E-state index in [-0.39, 0.29) is 5.69 Å². The van der Waals surface area contributed by atoms with Crippen molar-refractivity contribution in [1.82, 2.24) is 4.98 Å². The minimum absolute atomic E-state index is 0.157. The molecule has 0 spiro atoms. The molecule has 76 valence electrons. The Bertz CT molecular complexity index is 505. The highest BCUT2D eigenvalue weighted by Gasteiger charge is 2.08. The Kier molecular flexibility index (Phi) is 2.47. The molecule has 0 fully saturated rings. The Morgan fingerprint density at radius 1 is 1.20 bits per heavy atom. The molecular formula is C11H8ClNO2. The number of hydrogen-bond donors (Lipinski definition) is 2. The topological polar surface area (TPSA) is 53.1 Å². The van der Waals surface area contributed by atoms with Gasteiger partial charge in [0.15, 0.2) is 0 Å². The first-order valence-corrected chi connectivity index (χ1v) is 4.73. The Morgan fingerprint density at radius 2 is 1.93 bits per heavy atom. The quantitative estimate of drug-likeness (QED) is 0.819. The van der Waals surface area contributed by atoms with Crippen molar-refractivity contribution in [2.24, 2.45) is 0 Å². The molecule has 1 aromatic carbocycles. The lowest BCUT2D eigenvalue weighted by Crippen LogP contribution is -1.95. The van der Waals surface area contributed by atoms with Gasteiger partial charge in [-0.3, -0.25) is 0 Å². The highest BCUT2D eigenvalue weighted by molar-refractivity contribution is 6.33. The van der Waals surface area contributed by atoms with Gasteiger partial charge in [-0.1, -0.05) is 29.8 Å².